The monoisotopic (exact) mass is 259 g/mol. The van der Waals surface area contributed by atoms with Crippen LogP contribution in [0.1, 0.15) is 38.3 Å². The minimum atomic E-state index is -0.238. The molecule has 0 bridgehead atoms. The summed E-state index contributed by atoms with van der Waals surface area (Å²) in [6.07, 6.45) is 3.30. The van der Waals surface area contributed by atoms with Gasteiger partial charge in [-0.15, -0.1) is 0 Å². The molecule has 0 saturated heterocycles. The van der Waals surface area contributed by atoms with Crippen molar-refractivity contribution >= 4 is 5.76 Å². The van der Waals surface area contributed by atoms with Crippen LogP contribution in [-0.4, -0.2) is 6.10 Å². The van der Waals surface area contributed by atoms with Gasteiger partial charge in [0.15, 0.2) is 0 Å². The highest BCUT2D eigenvalue weighted by atomic mass is 19.1. The number of allylic oxidation sites excluding steroid dienone is 2. The molecule has 1 rings (SSSR count). The van der Waals surface area contributed by atoms with Crippen LogP contribution in [0.4, 0.5) is 4.39 Å². The molecule has 100 valence electrons. The molecule has 2 nitrogen and oxygen atoms in total. The third-order valence-electron chi connectivity index (χ3n) is 2.68. The van der Waals surface area contributed by atoms with Crippen molar-refractivity contribution in [2.75, 3.05) is 0 Å². The Morgan fingerprint density at radius 3 is 2.42 bits per heavy atom. The molecule has 1 unspecified atom stereocenters. The number of rotatable bonds is 5. The van der Waals surface area contributed by atoms with Crippen molar-refractivity contribution in [3.05, 3.63) is 53.4 Å². The van der Waals surface area contributed by atoms with E-state index in [1.807, 2.05) is 32.1 Å². The lowest BCUT2D eigenvalue weighted by atomic mass is 10.1. The number of benzene rings is 1. The molecule has 19 heavy (non-hydrogen) atoms. The molecule has 0 fully saturated rings. The number of halogens is 1. The molecule has 0 aliphatic carbocycles. The molecular weight excluding hydrogens is 241 g/mol. The highest BCUT2D eigenvalue weighted by molar-refractivity contribution is 5.60. The zero-order chi connectivity index (χ0) is 14.3. The van der Waals surface area contributed by atoms with Crippen LogP contribution in [0.15, 0.2) is 42.2 Å². The average Bonchev–Trinajstić information content (AvgIpc) is 2.44. The maximum Gasteiger partial charge on any atom is 0.122 e. The molecule has 1 atom stereocenters. The Morgan fingerprint density at radius 2 is 1.95 bits per heavy atom. The summed E-state index contributed by atoms with van der Waals surface area (Å²) in [6.45, 7) is 5.36. The quantitative estimate of drug-likeness (QED) is 0.725. The van der Waals surface area contributed by atoms with E-state index in [1.165, 1.54) is 6.08 Å². The van der Waals surface area contributed by atoms with E-state index >= 15 is 0 Å². The molecule has 0 heterocycles. The third-order valence-corrected chi connectivity index (χ3v) is 2.68. The number of hydrogen-bond donors (Lipinski definition) is 0. The summed E-state index contributed by atoms with van der Waals surface area (Å²) in [6, 6.07) is 9.19. The fourth-order valence-corrected chi connectivity index (χ4v) is 1.66. The first-order chi connectivity index (χ1) is 9.10. The van der Waals surface area contributed by atoms with Gasteiger partial charge in [0.05, 0.1) is 17.5 Å². The largest absolute Gasteiger partial charge is 0.490 e. The molecule has 0 saturated carbocycles. The van der Waals surface area contributed by atoms with Gasteiger partial charge in [-0.1, -0.05) is 6.08 Å². The Balaban J connectivity index is 2.76. The van der Waals surface area contributed by atoms with Crippen molar-refractivity contribution in [2.45, 2.75) is 33.3 Å². The van der Waals surface area contributed by atoms with Gasteiger partial charge in [0, 0.05) is 12.0 Å². The number of ether oxygens (including phenoxy) is 1. The summed E-state index contributed by atoms with van der Waals surface area (Å²) >= 11 is 0. The third kappa shape index (κ3) is 4.59. The number of nitrogens with zero attached hydrogens (tertiary/aromatic N) is 1. The molecule has 3 heteroatoms. The lowest BCUT2D eigenvalue weighted by Crippen LogP contribution is -2.07. The lowest BCUT2D eigenvalue weighted by molar-refractivity contribution is 0.178. The molecule has 0 N–H and O–H groups in total. The van der Waals surface area contributed by atoms with Crippen LogP contribution < -0.4 is 0 Å². The standard InChI is InChI=1S/C16H18FNO/c1-4-15(17)10-12(3)19-16(5-2)14-8-6-13(11-18)7-9-14/h4-9,12H,10H2,1-3H3. The Labute approximate surface area is 113 Å². The second-order valence-electron chi connectivity index (χ2n) is 4.21. The van der Waals surface area contributed by atoms with Gasteiger partial charge in [0.2, 0.25) is 0 Å². The molecular formula is C16H18FNO. The summed E-state index contributed by atoms with van der Waals surface area (Å²) in [7, 11) is 0. The summed E-state index contributed by atoms with van der Waals surface area (Å²) in [5.41, 5.74) is 1.49. The topological polar surface area (TPSA) is 33.0 Å². The van der Waals surface area contributed by atoms with Crippen LogP contribution in [0, 0.1) is 11.3 Å². The van der Waals surface area contributed by atoms with Crippen molar-refractivity contribution in [1.82, 2.24) is 0 Å². The molecule has 1 aromatic rings. The highest BCUT2D eigenvalue weighted by Crippen LogP contribution is 2.21. The van der Waals surface area contributed by atoms with Crippen LogP contribution in [0.25, 0.3) is 5.76 Å². The SMILES string of the molecule is CC=C(F)CC(C)OC(=CC)c1ccc(C#N)cc1. The van der Waals surface area contributed by atoms with E-state index in [9.17, 15) is 4.39 Å². The van der Waals surface area contributed by atoms with Crippen molar-refractivity contribution in [3.8, 4) is 6.07 Å². The average molecular weight is 259 g/mol. The fourth-order valence-electron chi connectivity index (χ4n) is 1.66. The molecule has 1 aromatic carbocycles. The van der Waals surface area contributed by atoms with Crippen LogP contribution in [0.5, 0.6) is 0 Å². The lowest BCUT2D eigenvalue weighted by Gasteiger charge is -2.17. The van der Waals surface area contributed by atoms with Gasteiger partial charge in [-0.3, -0.25) is 0 Å². The van der Waals surface area contributed by atoms with Crippen LogP contribution in [-0.2, 0) is 4.74 Å². The minimum absolute atomic E-state index is 0.178. The van der Waals surface area contributed by atoms with Gasteiger partial charge in [-0.2, -0.15) is 5.26 Å². The molecule has 0 aliphatic rings. The Hall–Kier alpha value is -2.08. The van der Waals surface area contributed by atoms with E-state index in [-0.39, 0.29) is 18.4 Å². The smallest absolute Gasteiger partial charge is 0.122 e. The zero-order valence-corrected chi connectivity index (χ0v) is 11.5. The van der Waals surface area contributed by atoms with Crippen LogP contribution >= 0.6 is 0 Å². The van der Waals surface area contributed by atoms with Gasteiger partial charge >= 0.3 is 0 Å². The molecule has 0 aromatic heterocycles. The summed E-state index contributed by atoms with van der Waals surface area (Å²) in [5.74, 6) is 0.517. The van der Waals surface area contributed by atoms with E-state index in [1.54, 1.807) is 19.1 Å². The van der Waals surface area contributed by atoms with Crippen LogP contribution in [0.3, 0.4) is 0 Å². The zero-order valence-electron chi connectivity index (χ0n) is 11.5. The second-order valence-corrected chi connectivity index (χ2v) is 4.21. The van der Waals surface area contributed by atoms with E-state index in [0.29, 0.717) is 11.3 Å². The molecule has 0 aliphatic heterocycles. The Bertz CT molecular complexity index is 509. The number of hydrogen-bond acceptors (Lipinski definition) is 2. The van der Waals surface area contributed by atoms with Gasteiger partial charge in [-0.05, 0) is 51.1 Å². The molecule has 0 amide bonds. The normalized spacial score (nSPS) is 13.8. The fraction of sp³-hybridized carbons (Fsp3) is 0.312. The van der Waals surface area contributed by atoms with Gasteiger partial charge < -0.3 is 4.74 Å². The predicted octanol–water partition coefficient (Wildman–Crippen LogP) is 4.59. The number of nitriles is 1. The maximum absolute atomic E-state index is 13.2. The predicted molar refractivity (Wildman–Crippen MR) is 74.8 cm³/mol. The molecule has 0 radical (unpaired) electrons. The first-order valence-corrected chi connectivity index (χ1v) is 6.24. The molecule has 0 spiro atoms. The highest BCUT2D eigenvalue weighted by Gasteiger charge is 2.10. The van der Waals surface area contributed by atoms with E-state index in [4.69, 9.17) is 10.00 Å². The van der Waals surface area contributed by atoms with Crippen LogP contribution in [0.2, 0.25) is 0 Å². The van der Waals surface area contributed by atoms with Gasteiger partial charge in [-0.25, -0.2) is 4.39 Å². The first-order valence-electron chi connectivity index (χ1n) is 6.24. The van der Waals surface area contributed by atoms with Crippen molar-refractivity contribution in [3.63, 3.8) is 0 Å². The second kappa shape index (κ2) is 7.38. The maximum atomic E-state index is 13.2. The van der Waals surface area contributed by atoms with E-state index in [0.717, 1.165) is 5.56 Å². The van der Waals surface area contributed by atoms with E-state index in [2.05, 4.69) is 6.07 Å². The van der Waals surface area contributed by atoms with Gasteiger partial charge in [0.1, 0.15) is 11.9 Å². The summed E-state index contributed by atoms with van der Waals surface area (Å²) < 4.78 is 18.9. The summed E-state index contributed by atoms with van der Waals surface area (Å²) in [5, 5.41) is 8.75. The van der Waals surface area contributed by atoms with Crippen molar-refractivity contribution in [2.24, 2.45) is 0 Å². The summed E-state index contributed by atoms with van der Waals surface area (Å²) in [4.78, 5) is 0. The Morgan fingerprint density at radius 1 is 1.32 bits per heavy atom. The van der Waals surface area contributed by atoms with Crippen molar-refractivity contribution in [1.29, 1.82) is 5.26 Å². The first kappa shape index (κ1) is 15.0. The van der Waals surface area contributed by atoms with Crippen molar-refractivity contribution < 1.29 is 9.13 Å². The minimum Gasteiger partial charge on any atom is -0.490 e. The van der Waals surface area contributed by atoms with Gasteiger partial charge in [0.25, 0.3) is 0 Å². The Kier molecular flexibility index (Phi) is 5.81. The van der Waals surface area contributed by atoms with E-state index < -0.39 is 0 Å².